The van der Waals surface area contributed by atoms with Crippen molar-refractivity contribution in [2.24, 2.45) is 5.92 Å². The first kappa shape index (κ1) is 12.0. The zero-order chi connectivity index (χ0) is 13.2. The van der Waals surface area contributed by atoms with Gasteiger partial charge in [0.2, 0.25) is 5.91 Å². The van der Waals surface area contributed by atoms with Crippen molar-refractivity contribution in [1.82, 2.24) is 0 Å². The molecule has 0 radical (unpaired) electrons. The zero-order valence-corrected chi connectivity index (χ0v) is 11.0. The van der Waals surface area contributed by atoms with Crippen molar-refractivity contribution in [1.29, 1.82) is 0 Å². The highest BCUT2D eigenvalue weighted by atomic mass is 16.2. The normalized spacial score (nSPS) is 20.9. The topological polar surface area (TPSA) is 29.1 Å². The third-order valence-corrected chi connectivity index (χ3v) is 3.67. The van der Waals surface area contributed by atoms with Crippen molar-refractivity contribution in [3.8, 4) is 0 Å². The summed E-state index contributed by atoms with van der Waals surface area (Å²) in [5, 5.41) is 2.99. The lowest BCUT2D eigenvalue weighted by Gasteiger charge is -2.05. The average molecular weight is 251 g/mol. The van der Waals surface area contributed by atoms with Gasteiger partial charge in [-0.25, -0.2) is 0 Å². The number of carbonyl (C=O) groups is 1. The quantitative estimate of drug-likeness (QED) is 0.884. The van der Waals surface area contributed by atoms with Gasteiger partial charge in [-0.05, 0) is 37.0 Å². The lowest BCUT2D eigenvalue weighted by Crippen LogP contribution is -2.14. The second-order valence-corrected chi connectivity index (χ2v) is 5.21. The Morgan fingerprint density at radius 3 is 2.42 bits per heavy atom. The van der Waals surface area contributed by atoms with Gasteiger partial charge in [0.25, 0.3) is 0 Å². The van der Waals surface area contributed by atoms with E-state index < -0.39 is 0 Å². The summed E-state index contributed by atoms with van der Waals surface area (Å²) in [5.74, 6) is 0.660. The number of amides is 1. The number of nitrogens with one attached hydrogen (secondary N) is 1. The molecule has 1 aliphatic carbocycles. The van der Waals surface area contributed by atoms with E-state index in [1.54, 1.807) is 0 Å². The summed E-state index contributed by atoms with van der Waals surface area (Å²) in [4.78, 5) is 12.1. The second-order valence-electron chi connectivity index (χ2n) is 5.21. The molecule has 96 valence electrons. The molecule has 0 heterocycles. The van der Waals surface area contributed by atoms with Crippen molar-refractivity contribution in [2.45, 2.75) is 19.3 Å². The molecule has 2 nitrogen and oxygen atoms in total. The lowest BCUT2D eigenvalue weighted by molar-refractivity contribution is -0.117. The van der Waals surface area contributed by atoms with Crippen LogP contribution in [-0.2, 0) is 4.79 Å². The molecule has 2 atom stereocenters. The number of hydrogen-bond donors (Lipinski definition) is 1. The molecule has 3 rings (SSSR count). The van der Waals surface area contributed by atoms with E-state index in [-0.39, 0.29) is 11.8 Å². The summed E-state index contributed by atoms with van der Waals surface area (Å²) < 4.78 is 0. The van der Waals surface area contributed by atoms with E-state index >= 15 is 0 Å². The number of carbonyl (C=O) groups excluding carboxylic acids is 1. The Hall–Kier alpha value is -2.09. The molecule has 2 aromatic rings. The largest absolute Gasteiger partial charge is 0.326 e. The van der Waals surface area contributed by atoms with Crippen molar-refractivity contribution in [3.05, 3.63) is 65.7 Å². The van der Waals surface area contributed by atoms with Gasteiger partial charge in [0.05, 0.1) is 0 Å². The fraction of sp³-hybridized carbons (Fsp3) is 0.235. The van der Waals surface area contributed by atoms with Crippen LogP contribution in [0.4, 0.5) is 5.69 Å². The number of aryl methyl sites for hydroxylation is 1. The van der Waals surface area contributed by atoms with Gasteiger partial charge < -0.3 is 5.32 Å². The van der Waals surface area contributed by atoms with Crippen LogP contribution in [0.3, 0.4) is 0 Å². The van der Waals surface area contributed by atoms with E-state index in [0.717, 1.165) is 12.1 Å². The smallest absolute Gasteiger partial charge is 0.228 e. The molecule has 2 heteroatoms. The number of anilines is 1. The number of rotatable bonds is 3. The van der Waals surface area contributed by atoms with E-state index in [4.69, 9.17) is 0 Å². The van der Waals surface area contributed by atoms with Gasteiger partial charge >= 0.3 is 0 Å². The third-order valence-electron chi connectivity index (χ3n) is 3.67. The summed E-state index contributed by atoms with van der Waals surface area (Å²) in [7, 11) is 0. The predicted octanol–water partition coefficient (Wildman–Crippen LogP) is 3.74. The van der Waals surface area contributed by atoms with E-state index in [2.05, 4.69) is 17.4 Å². The maximum atomic E-state index is 12.1. The molecule has 1 amide bonds. The van der Waals surface area contributed by atoms with Gasteiger partial charge in [-0.2, -0.15) is 0 Å². The van der Waals surface area contributed by atoms with Crippen molar-refractivity contribution in [2.75, 3.05) is 5.32 Å². The minimum atomic E-state index is 0.128. The summed E-state index contributed by atoms with van der Waals surface area (Å²) in [6.07, 6.45) is 0.960. The third kappa shape index (κ3) is 2.68. The molecular formula is C17H17NO. The molecule has 1 N–H and O–H groups in total. The van der Waals surface area contributed by atoms with Crippen LogP contribution >= 0.6 is 0 Å². The highest BCUT2D eigenvalue weighted by Gasteiger charge is 2.43. The van der Waals surface area contributed by atoms with Crippen molar-refractivity contribution < 1.29 is 4.79 Å². The van der Waals surface area contributed by atoms with Gasteiger partial charge in [0, 0.05) is 11.6 Å². The van der Waals surface area contributed by atoms with Crippen LogP contribution in [0, 0.1) is 12.8 Å². The van der Waals surface area contributed by atoms with E-state index in [9.17, 15) is 4.79 Å². The van der Waals surface area contributed by atoms with Crippen molar-refractivity contribution >= 4 is 11.6 Å². The highest BCUT2D eigenvalue weighted by Crippen LogP contribution is 2.47. The fourth-order valence-electron chi connectivity index (χ4n) is 2.43. The van der Waals surface area contributed by atoms with Crippen LogP contribution < -0.4 is 5.32 Å². The molecule has 0 spiro atoms. The molecule has 2 aromatic carbocycles. The van der Waals surface area contributed by atoms with Crippen LogP contribution in [0.15, 0.2) is 54.6 Å². The number of benzene rings is 2. The average Bonchev–Trinajstić information content (AvgIpc) is 3.23. The molecule has 1 saturated carbocycles. The van der Waals surface area contributed by atoms with Crippen LogP contribution in [0.2, 0.25) is 0 Å². The standard InChI is InChI=1S/C17H17NO/c1-12-7-9-14(10-8-12)18-17(19)16-11-15(16)13-5-3-2-4-6-13/h2-10,15-16H,11H2,1H3,(H,18,19)/t15-,16+/m1/s1. The first-order chi connectivity index (χ1) is 9.24. The maximum absolute atomic E-state index is 12.1. The van der Waals surface area contributed by atoms with Crippen molar-refractivity contribution in [3.63, 3.8) is 0 Å². The molecular weight excluding hydrogens is 234 g/mol. The van der Waals surface area contributed by atoms with Crippen LogP contribution in [-0.4, -0.2) is 5.91 Å². The Morgan fingerprint density at radius 1 is 1.05 bits per heavy atom. The van der Waals surface area contributed by atoms with Gasteiger partial charge in [-0.15, -0.1) is 0 Å². The molecule has 0 saturated heterocycles. The van der Waals surface area contributed by atoms with E-state index in [1.807, 2.05) is 49.4 Å². The van der Waals surface area contributed by atoms with E-state index in [0.29, 0.717) is 5.92 Å². The summed E-state index contributed by atoms with van der Waals surface area (Å²) >= 11 is 0. The monoisotopic (exact) mass is 251 g/mol. The van der Waals surface area contributed by atoms with Gasteiger partial charge in [-0.1, -0.05) is 48.0 Å². The molecule has 0 unspecified atom stereocenters. The van der Waals surface area contributed by atoms with Crippen LogP contribution in [0.1, 0.15) is 23.5 Å². The zero-order valence-electron chi connectivity index (χ0n) is 11.0. The Balaban J connectivity index is 1.63. The van der Waals surface area contributed by atoms with Crippen LogP contribution in [0.5, 0.6) is 0 Å². The molecule has 1 fully saturated rings. The Kier molecular flexibility index (Phi) is 3.08. The summed E-state index contributed by atoms with van der Waals surface area (Å²) in [6.45, 7) is 2.04. The SMILES string of the molecule is Cc1ccc(NC(=O)[C@H]2C[C@@H]2c2ccccc2)cc1. The molecule has 0 aromatic heterocycles. The summed E-state index contributed by atoms with van der Waals surface area (Å²) in [6, 6.07) is 18.2. The minimum Gasteiger partial charge on any atom is -0.326 e. The van der Waals surface area contributed by atoms with E-state index in [1.165, 1.54) is 11.1 Å². The highest BCUT2D eigenvalue weighted by molar-refractivity contribution is 5.95. The first-order valence-electron chi connectivity index (χ1n) is 6.66. The molecule has 0 bridgehead atoms. The maximum Gasteiger partial charge on any atom is 0.228 e. The van der Waals surface area contributed by atoms with Gasteiger partial charge in [0.1, 0.15) is 0 Å². The van der Waals surface area contributed by atoms with Crippen LogP contribution in [0.25, 0.3) is 0 Å². The summed E-state index contributed by atoms with van der Waals surface area (Å²) in [5.41, 5.74) is 3.35. The first-order valence-corrected chi connectivity index (χ1v) is 6.66. The molecule has 19 heavy (non-hydrogen) atoms. The Labute approximate surface area is 113 Å². The fourth-order valence-corrected chi connectivity index (χ4v) is 2.43. The lowest BCUT2D eigenvalue weighted by atomic mass is 10.1. The second kappa shape index (κ2) is 4.88. The molecule has 0 aliphatic heterocycles. The molecule has 1 aliphatic rings. The minimum absolute atomic E-state index is 0.128. The van der Waals surface area contributed by atoms with Gasteiger partial charge in [0.15, 0.2) is 0 Å². The van der Waals surface area contributed by atoms with Gasteiger partial charge in [-0.3, -0.25) is 4.79 Å². The Bertz CT molecular complexity index is 574. The Morgan fingerprint density at radius 2 is 1.74 bits per heavy atom. The predicted molar refractivity (Wildman–Crippen MR) is 77.1 cm³/mol. The number of hydrogen-bond acceptors (Lipinski definition) is 1.